The van der Waals surface area contributed by atoms with Gasteiger partial charge in [0.05, 0.1) is 17.3 Å². The second-order valence-corrected chi connectivity index (χ2v) is 6.72. The first kappa shape index (κ1) is 15.1. The SMILES string of the molecule is COCC1CCCN(c2c(Cl)cccc2CNC2CC2)C1. The van der Waals surface area contributed by atoms with Crippen molar-refractivity contribution in [1.82, 2.24) is 5.32 Å². The number of nitrogens with zero attached hydrogens (tertiary/aromatic N) is 1. The largest absolute Gasteiger partial charge is 0.384 e. The van der Waals surface area contributed by atoms with Crippen LogP contribution in [0.1, 0.15) is 31.2 Å². The first-order valence-electron chi connectivity index (χ1n) is 8.02. The first-order valence-corrected chi connectivity index (χ1v) is 8.40. The van der Waals surface area contributed by atoms with E-state index < -0.39 is 0 Å². The lowest BCUT2D eigenvalue weighted by atomic mass is 9.97. The van der Waals surface area contributed by atoms with Crippen molar-refractivity contribution in [3.05, 3.63) is 28.8 Å². The summed E-state index contributed by atoms with van der Waals surface area (Å²) in [5, 5.41) is 4.48. The molecular weight excluding hydrogens is 284 g/mol. The van der Waals surface area contributed by atoms with Crippen LogP contribution in [-0.2, 0) is 11.3 Å². The van der Waals surface area contributed by atoms with Crippen molar-refractivity contribution in [2.45, 2.75) is 38.3 Å². The molecule has 1 saturated carbocycles. The summed E-state index contributed by atoms with van der Waals surface area (Å²) in [6.07, 6.45) is 5.10. The summed E-state index contributed by atoms with van der Waals surface area (Å²) >= 11 is 6.52. The van der Waals surface area contributed by atoms with Gasteiger partial charge < -0.3 is 15.0 Å². The molecule has 1 aromatic rings. The Bertz CT molecular complexity index is 474. The number of piperidine rings is 1. The van der Waals surface area contributed by atoms with E-state index in [0.717, 1.165) is 37.3 Å². The van der Waals surface area contributed by atoms with Crippen LogP contribution in [0.15, 0.2) is 18.2 Å². The molecule has 0 amide bonds. The average Bonchev–Trinajstić information content (AvgIpc) is 3.30. The molecule has 116 valence electrons. The van der Waals surface area contributed by atoms with Gasteiger partial charge in [-0.05, 0) is 43.2 Å². The highest BCUT2D eigenvalue weighted by Gasteiger charge is 2.25. The minimum atomic E-state index is 0.615. The monoisotopic (exact) mass is 308 g/mol. The molecule has 0 bridgehead atoms. The summed E-state index contributed by atoms with van der Waals surface area (Å²) in [6, 6.07) is 7.00. The number of halogens is 1. The third-order valence-corrected chi connectivity index (χ3v) is 4.77. The number of anilines is 1. The quantitative estimate of drug-likeness (QED) is 0.871. The van der Waals surface area contributed by atoms with E-state index in [0.29, 0.717) is 5.92 Å². The van der Waals surface area contributed by atoms with E-state index in [1.807, 2.05) is 6.07 Å². The summed E-state index contributed by atoms with van der Waals surface area (Å²) in [7, 11) is 1.79. The van der Waals surface area contributed by atoms with E-state index in [-0.39, 0.29) is 0 Å². The van der Waals surface area contributed by atoms with Gasteiger partial charge in [0.25, 0.3) is 0 Å². The number of nitrogens with one attached hydrogen (secondary N) is 1. The number of hydrogen-bond acceptors (Lipinski definition) is 3. The highest BCUT2D eigenvalue weighted by Crippen LogP contribution is 2.33. The van der Waals surface area contributed by atoms with Crippen LogP contribution in [0.2, 0.25) is 5.02 Å². The maximum atomic E-state index is 6.52. The van der Waals surface area contributed by atoms with Crippen LogP contribution in [0, 0.1) is 5.92 Å². The molecule has 21 heavy (non-hydrogen) atoms. The average molecular weight is 309 g/mol. The zero-order chi connectivity index (χ0) is 14.7. The number of rotatable bonds is 6. The van der Waals surface area contributed by atoms with Gasteiger partial charge >= 0.3 is 0 Å². The van der Waals surface area contributed by atoms with Crippen molar-refractivity contribution in [3.8, 4) is 0 Å². The van der Waals surface area contributed by atoms with Gasteiger partial charge in [-0.25, -0.2) is 0 Å². The van der Waals surface area contributed by atoms with Crippen LogP contribution in [0.5, 0.6) is 0 Å². The summed E-state index contributed by atoms with van der Waals surface area (Å²) in [5.74, 6) is 0.615. The Morgan fingerprint density at radius 2 is 2.19 bits per heavy atom. The van der Waals surface area contributed by atoms with Gasteiger partial charge in [-0.2, -0.15) is 0 Å². The molecule has 1 heterocycles. The third-order valence-electron chi connectivity index (χ3n) is 4.47. The Morgan fingerprint density at radius 3 is 2.95 bits per heavy atom. The van der Waals surface area contributed by atoms with Crippen molar-refractivity contribution in [2.24, 2.45) is 5.92 Å². The molecule has 3 rings (SSSR count). The Labute approximate surface area is 132 Å². The lowest BCUT2D eigenvalue weighted by molar-refractivity contribution is 0.143. The Balaban J connectivity index is 1.75. The van der Waals surface area contributed by atoms with Crippen molar-refractivity contribution < 1.29 is 4.74 Å². The van der Waals surface area contributed by atoms with E-state index >= 15 is 0 Å². The minimum absolute atomic E-state index is 0.615. The number of benzene rings is 1. The highest BCUT2D eigenvalue weighted by atomic mass is 35.5. The Kier molecular flexibility index (Phi) is 5.04. The molecular formula is C17H25ClN2O. The molecule has 2 fully saturated rings. The van der Waals surface area contributed by atoms with Crippen molar-refractivity contribution in [3.63, 3.8) is 0 Å². The third kappa shape index (κ3) is 3.91. The summed E-state index contributed by atoms with van der Waals surface area (Å²) in [4.78, 5) is 2.46. The fourth-order valence-electron chi connectivity index (χ4n) is 3.24. The van der Waals surface area contributed by atoms with E-state index in [1.54, 1.807) is 7.11 Å². The molecule has 3 nitrogen and oxygen atoms in total. The Morgan fingerprint density at radius 1 is 1.33 bits per heavy atom. The molecule has 0 radical (unpaired) electrons. The van der Waals surface area contributed by atoms with Gasteiger partial charge in [-0.3, -0.25) is 0 Å². The lowest BCUT2D eigenvalue weighted by Crippen LogP contribution is -2.38. The number of ether oxygens (including phenoxy) is 1. The molecule has 4 heteroatoms. The molecule has 0 aromatic heterocycles. The smallest absolute Gasteiger partial charge is 0.0642 e. The number of para-hydroxylation sites is 1. The van der Waals surface area contributed by atoms with E-state index in [9.17, 15) is 0 Å². The van der Waals surface area contributed by atoms with Gasteiger partial charge in [0, 0.05) is 32.8 Å². The molecule has 0 spiro atoms. The molecule has 1 aliphatic carbocycles. The molecule has 1 saturated heterocycles. The van der Waals surface area contributed by atoms with Crippen molar-refractivity contribution in [2.75, 3.05) is 31.7 Å². The number of hydrogen-bond donors (Lipinski definition) is 1. The fourth-order valence-corrected chi connectivity index (χ4v) is 3.55. The zero-order valence-corrected chi connectivity index (χ0v) is 13.5. The summed E-state index contributed by atoms with van der Waals surface area (Å²) in [5.41, 5.74) is 2.56. The van der Waals surface area contributed by atoms with Gasteiger partial charge in [-0.1, -0.05) is 23.7 Å². The van der Waals surface area contributed by atoms with Crippen molar-refractivity contribution in [1.29, 1.82) is 0 Å². The summed E-state index contributed by atoms with van der Waals surface area (Å²) in [6.45, 7) is 3.91. The van der Waals surface area contributed by atoms with Gasteiger partial charge in [0.15, 0.2) is 0 Å². The summed E-state index contributed by atoms with van der Waals surface area (Å²) < 4.78 is 5.34. The van der Waals surface area contributed by atoms with E-state index in [4.69, 9.17) is 16.3 Å². The molecule has 2 aliphatic rings. The van der Waals surface area contributed by atoms with Gasteiger partial charge in [0.2, 0.25) is 0 Å². The van der Waals surface area contributed by atoms with Crippen LogP contribution >= 0.6 is 11.6 Å². The first-order chi connectivity index (χ1) is 10.3. The molecule has 1 aliphatic heterocycles. The topological polar surface area (TPSA) is 24.5 Å². The second-order valence-electron chi connectivity index (χ2n) is 6.31. The van der Waals surface area contributed by atoms with Crippen LogP contribution in [0.3, 0.4) is 0 Å². The Hall–Kier alpha value is -0.770. The van der Waals surface area contributed by atoms with Crippen molar-refractivity contribution >= 4 is 17.3 Å². The van der Waals surface area contributed by atoms with Gasteiger partial charge in [-0.15, -0.1) is 0 Å². The normalized spacial score (nSPS) is 22.6. The van der Waals surface area contributed by atoms with Crippen LogP contribution in [0.4, 0.5) is 5.69 Å². The zero-order valence-electron chi connectivity index (χ0n) is 12.8. The predicted octanol–water partition coefficient (Wildman–Crippen LogP) is 3.45. The predicted molar refractivity (Wildman–Crippen MR) is 88.1 cm³/mol. The number of methoxy groups -OCH3 is 1. The maximum Gasteiger partial charge on any atom is 0.0642 e. The minimum Gasteiger partial charge on any atom is -0.384 e. The second kappa shape index (κ2) is 6.99. The highest BCUT2D eigenvalue weighted by molar-refractivity contribution is 6.33. The molecule has 1 aromatic carbocycles. The maximum absolute atomic E-state index is 6.52. The molecule has 1 unspecified atom stereocenters. The molecule has 1 atom stereocenters. The van der Waals surface area contributed by atoms with Gasteiger partial charge in [0.1, 0.15) is 0 Å². The standard InChI is InChI=1S/C17H25ClN2O/c1-21-12-13-4-3-9-20(11-13)17-14(5-2-6-16(17)18)10-19-15-7-8-15/h2,5-6,13,15,19H,3-4,7-12H2,1H3. The fraction of sp³-hybridized carbons (Fsp3) is 0.647. The lowest BCUT2D eigenvalue weighted by Gasteiger charge is -2.36. The van der Waals surface area contributed by atoms with E-state index in [2.05, 4.69) is 22.3 Å². The van der Waals surface area contributed by atoms with E-state index in [1.165, 1.54) is 36.9 Å². The van der Waals surface area contributed by atoms with Crippen LogP contribution in [0.25, 0.3) is 0 Å². The van der Waals surface area contributed by atoms with Crippen LogP contribution in [-0.4, -0.2) is 32.8 Å². The van der Waals surface area contributed by atoms with Crippen LogP contribution < -0.4 is 10.2 Å². The molecule has 1 N–H and O–H groups in total.